The first kappa shape index (κ1) is 20.3. The first-order valence-corrected chi connectivity index (χ1v) is 9.63. The molecule has 0 radical (unpaired) electrons. The maximum atomic E-state index is 12.6. The van der Waals surface area contributed by atoms with Crippen molar-refractivity contribution in [1.29, 1.82) is 0 Å². The van der Waals surface area contributed by atoms with Gasteiger partial charge in [0.15, 0.2) is 0 Å². The number of amides is 1. The van der Waals surface area contributed by atoms with Crippen LogP contribution >= 0.6 is 0 Å². The van der Waals surface area contributed by atoms with E-state index in [1.165, 1.54) is 0 Å². The molecule has 3 aromatic rings. The molecule has 1 amide bonds. The Morgan fingerprint density at radius 2 is 1.76 bits per heavy atom. The molecule has 0 unspecified atom stereocenters. The van der Waals surface area contributed by atoms with Crippen LogP contribution in [0.2, 0.25) is 0 Å². The molecule has 3 rings (SSSR count). The molecule has 0 fully saturated rings. The van der Waals surface area contributed by atoms with Gasteiger partial charge < -0.3 is 15.4 Å². The summed E-state index contributed by atoms with van der Waals surface area (Å²) >= 11 is 0. The average molecular weight is 390 g/mol. The van der Waals surface area contributed by atoms with Crippen molar-refractivity contribution in [3.8, 4) is 5.75 Å². The third-order valence-corrected chi connectivity index (χ3v) is 4.27. The molecule has 6 nitrogen and oxygen atoms in total. The van der Waals surface area contributed by atoms with Gasteiger partial charge in [0.1, 0.15) is 11.4 Å². The quantitative estimate of drug-likeness (QED) is 0.619. The highest BCUT2D eigenvalue weighted by atomic mass is 16.5. The van der Waals surface area contributed by atoms with Crippen LogP contribution in [0.4, 0.5) is 11.6 Å². The lowest BCUT2D eigenvalue weighted by molar-refractivity contribution is 0.0945. The van der Waals surface area contributed by atoms with Gasteiger partial charge in [-0.25, -0.2) is 9.97 Å². The Morgan fingerprint density at radius 3 is 2.45 bits per heavy atom. The molecule has 150 valence electrons. The van der Waals surface area contributed by atoms with Crippen LogP contribution in [0.5, 0.6) is 5.75 Å². The number of carbonyl (C=O) groups is 1. The second kappa shape index (κ2) is 9.19. The van der Waals surface area contributed by atoms with E-state index in [2.05, 4.69) is 20.6 Å². The van der Waals surface area contributed by atoms with Gasteiger partial charge in [0.05, 0.1) is 6.10 Å². The van der Waals surface area contributed by atoms with Gasteiger partial charge >= 0.3 is 0 Å². The zero-order valence-corrected chi connectivity index (χ0v) is 17.2. The fourth-order valence-corrected chi connectivity index (χ4v) is 2.83. The molecule has 0 aliphatic carbocycles. The van der Waals surface area contributed by atoms with Crippen molar-refractivity contribution in [2.75, 3.05) is 5.32 Å². The van der Waals surface area contributed by atoms with Crippen LogP contribution in [0.1, 0.15) is 41.2 Å². The SMILES string of the molecule is Cc1cc(C(=O)NCc2ccccc2C)nc(Nc2ccc(OC(C)C)cc2)n1. The van der Waals surface area contributed by atoms with Gasteiger partial charge in [-0.3, -0.25) is 4.79 Å². The largest absolute Gasteiger partial charge is 0.491 e. The average Bonchev–Trinajstić information content (AvgIpc) is 2.68. The minimum Gasteiger partial charge on any atom is -0.491 e. The Morgan fingerprint density at radius 1 is 1.03 bits per heavy atom. The van der Waals surface area contributed by atoms with Crippen LogP contribution in [0.3, 0.4) is 0 Å². The molecule has 1 heterocycles. The minimum atomic E-state index is -0.234. The summed E-state index contributed by atoms with van der Waals surface area (Å²) in [6.45, 7) is 8.28. The molecule has 0 aliphatic heterocycles. The van der Waals surface area contributed by atoms with Crippen LogP contribution in [0.15, 0.2) is 54.6 Å². The number of ether oxygens (including phenoxy) is 1. The van der Waals surface area contributed by atoms with E-state index in [0.29, 0.717) is 23.9 Å². The molecule has 0 bridgehead atoms. The Balaban J connectivity index is 1.69. The summed E-state index contributed by atoms with van der Waals surface area (Å²) in [7, 11) is 0. The van der Waals surface area contributed by atoms with E-state index in [0.717, 1.165) is 22.6 Å². The number of nitrogens with one attached hydrogen (secondary N) is 2. The standard InChI is InChI=1S/C23H26N4O2/c1-15(2)29-20-11-9-19(10-12-20)26-23-25-17(4)13-21(27-23)22(28)24-14-18-8-6-5-7-16(18)3/h5-13,15H,14H2,1-4H3,(H,24,28)(H,25,26,27). The van der Waals surface area contributed by atoms with Gasteiger partial charge in [-0.1, -0.05) is 24.3 Å². The molecular weight excluding hydrogens is 364 g/mol. The van der Waals surface area contributed by atoms with Gasteiger partial charge in [0.25, 0.3) is 5.91 Å². The molecule has 0 atom stereocenters. The smallest absolute Gasteiger partial charge is 0.270 e. The van der Waals surface area contributed by atoms with E-state index in [-0.39, 0.29) is 12.0 Å². The van der Waals surface area contributed by atoms with E-state index >= 15 is 0 Å². The Labute approximate surface area is 171 Å². The second-order valence-electron chi connectivity index (χ2n) is 7.14. The van der Waals surface area contributed by atoms with Gasteiger partial charge in [-0.2, -0.15) is 0 Å². The summed E-state index contributed by atoms with van der Waals surface area (Å²) in [5.74, 6) is 0.943. The summed E-state index contributed by atoms with van der Waals surface area (Å²) in [4.78, 5) is 21.3. The van der Waals surface area contributed by atoms with E-state index in [9.17, 15) is 4.79 Å². The summed E-state index contributed by atoms with van der Waals surface area (Å²) in [5, 5.41) is 6.07. The van der Waals surface area contributed by atoms with Gasteiger partial charge in [0, 0.05) is 17.9 Å². The molecule has 0 spiro atoms. The van der Waals surface area contributed by atoms with Crippen molar-refractivity contribution >= 4 is 17.5 Å². The monoisotopic (exact) mass is 390 g/mol. The molecule has 2 aromatic carbocycles. The van der Waals surface area contributed by atoms with Crippen molar-refractivity contribution in [3.63, 3.8) is 0 Å². The third kappa shape index (κ3) is 5.78. The topological polar surface area (TPSA) is 76.1 Å². The number of aromatic nitrogens is 2. The Bertz CT molecular complexity index is 984. The molecule has 1 aromatic heterocycles. The molecule has 0 saturated heterocycles. The second-order valence-corrected chi connectivity index (χ2v) is 7.14. The summed E-state index contributed by atoms with van der Waals surface area (Å²) < 4.78 is 5.65. The summed E-state index contributed by atoms with van der Waals surface area (Å²) in [6, 6.07) is 17.2. The minimum absolute atomic E-state index is 0.120. The molecule has 2 N–H and O–H groups in total. The number of hydrogen-bond acceptors (Lipinski definition) is 5. The van der Waals surface area contributed by atoms with Crippen molar-refractivity contribution in [2.24, 2.45) is 0 Å². The highest BCUT2D eigenvalue weighted by Gasteiger charge is 2.11. The van der Waals surface area contributed by atoms with E-state index < -0.39 is 0 Å². The summed E-state index contributed by atoms with van der Waals surface area (Å²) in [5.41, 5.74) is 4.07. The normalized spacial score (nSPS) is 10.7. The molecular formula is C23H26N4O2. The number of anilines is 2. The zero-order chi connectivity index (χ0) is 20.8. The molecule has 0 saturated carbocycles. The van der Waals surface area contributed by atoms with Crippen LogP contribution < -0.4 is 15.4 Å². The fraction of sp³-hybridized carbons (Fsp3) is 0.261. The predicted molar refractivity (Wildman–Crippen MR) is 115 cm³/mol. The molecule has 6 heteroatoms. The number of benzene rings is 2. The number of hydrogen-bond donors (Lipinski definition) is 2. The van der Waals surface area contributed by atoms with Crippen molar-refractivity contribution in [1.82, 2.24) is 15.3 Å². The van der Waals surface area contributed by atoms with Crippen molar-refractivity contribution in [2.45, 2.75) is 40.3 Å². The van der Waals surface area contributed by atoms with Crippen LogP contribution in [0, 0.1) is 13.8 Å². The van der Waals surface area contributed by atoms with Gasteiger partial charge in [0.2, 0.25) is 5.95 Å². The maximum Gasteiger partial charge on any atom is 0.270 e. The first-order valence-electron chi connectivity index (χ1n) is 9.63. The highest BCUT2D eigenvalue weighted by molar-refractivity contribution is 5.92. The number of nitrogens with zero attached hydrogens (tertiary/aromatic N) is 2. The van der Waals surface area contributed by atoms with Crippen molar-refractivity contribution in [3.05, 3.63) is 77.1 Å². The predicted octanol–water partition coefficient (Wildman–Crippen LogP) is 4.55. The maximum absolute atomic E-state index is 12.6. The Kier molecular flexibility index (Phi) is 6.44. The molecule has 29 heavy (non-hydrogen) atoms. The van der Waals surface area contributed by atoms with Gasteiger partial charge in [-0.15, -0.1) is 0 Å². The number of rotatable bonds is 7. The zero-order valence-electron chi connectivity index (χ0n) is 17.2. The first-order chi connectivity index (χ1) is 13.9. The lowest BCUT2D eigenvalue weighted by atomic mass is 10.1. The fourth-order valence-electron chi connectivity index (χ4n) is 2.83. The number of aryl methyl sites for hydroxylation is 2. The van der Waals surface area contributed by atoms with Crippen molar-refractivity contribution < 1.29 is 9.53 Å². The number of carbonyl (C=O) groups excluding carboxylic acids is 1. The third-order valence-electron chi connectivity index (χ3n) is 4.27. The summed E-state index contributed by atoms with van der Waals surface area (Å²) in [6.07, 6.45) is 0.120. The van der Waals surface area contributed by atoms with E-state index in [1.807, 2.05) is 76.2 Å². The van der Waals surface area contributed by atoms with Gasteiger partial charge in [-0.05, 0) is 69.2 Å². The lowest BCUT2D eigenvalue weighted by Crippen LogP contribution is -2.24. The van der Waals surface area contributed by atoms with Crippen LogP contribution in [0.25, 0.3) is 0 Å². The highest BCUT2D eigenvalue weighted by Crippen LogP contribution is 2.19. The Hall–Kier alpha value is -3.41. The van der Waals surface area contributed by atoms with Crippen LogP contribution in [-0.2, 0) is 6.54 Å². The lowest BCUT2D eigenvalue weighted by Gasteiger charge is -2.12. The van der Waals surface area contributed by atoms with E-state index in [4.69, 9.17) is 4.74 Å². The van der Waals surface area contributed by atoms with Crippen LogP contribution in [-0.4, -0.2) is 22.0 Å². The van der Waals surface area contributed by atoms with E-state index in [1.54, 1.807) is 6.07 Å². The molecule has 0 aliphatic rings.